The summed E-state index contributed by atoms with van der Waals surface area (Å²) in [6.45, 7) is 3.59. The average Bonchev–Trinajstić information content (AvgIpc) is 2.11. The van der Waals surface area contributed by atoms with Gasteiger partial charge in [-0.2, -0.15) is 0 Å². The largest absolute Gasteiger partial charge is 0.356 e. The van der Waals surface area contributed by atoms with E-state index < -0.39 is 0 Å². The molecule has 0 N–H and O–H groups in total. The van der Waals surface area contributed by atoms with Crippen LogP contribution in [0.1, 0.15) is 19.3 Å². The third kappa shape index (κ3) is 6.13. The highest BCUT2D eigenvalue weighted by molar-refractivity contribution is 4.96. The fourth-order valence-electron chi connectivity index (χ4n) is 0.927. The zero-order valence-electron chi connectivity index (χ0n) is 7.95. The zero-order valence-corrected chi connectivity index (χ0v) is 7.95. The summed E-state index contributed by atoms with van der Waals surface area (Å²) in [5.74, 6) is 0. The fourth-order valence-corrected chi connectivity index (χ4v) is 0.927. The fraction of sp³-hybridized carbons (Fsp3) is 0.600. The summed E-state index contributed by atoms with van der Waals surface area (Å²) in [5, 5.41) is 0. The quantitative estimate of drug-likeness (QED) is 0.332. The summed E-state index contributed by atoms with van der Waals surface area (Å²) in [7, 11) is 3.32. The van der Waals surface area contributed by atoms with E-state index >= 15 is 0 Å². The summed E-state index contributed by atoms with van der Waals surface area (Å²) in [4.78, 5) is 0. The summed E-state index contributed by atoms with van der Waals surface area (Å²) >= 11 is 0. The highest BCUT2D eigenvalue weighted by Gasteiger charge is 2.01. The molecule has 0 bridgehead atoms. The highest BCUT2D eigenvalue weighted by atomic mass is 16.7. The van der Waals surface area contributed by atoms with Gasteiger partial charge in [0.15, 0.2) is 6.29 Å². The topological polar surface area (TPSA) is 18.5 Å². The average molecular weight is 170 g/mol. The molecule has 0 heterocycles. The first kappa shape index (κ1) is 11.4. The van der Waals surface area contributed by atoms with Gasteiger partial charge in [0, 0.05) is 14.2 Å². The summed E-state index contributed by atoms with van der Waals surface area (Å²) in [5.41, 5.74) is 0. The first-order valence-electron chi connectivity index (χ1n) is 4.18. The second-order valence-corrected chi connectivity index (χ2v) is 2.50. The van der Waals surface area contributed by atoms with Gasteiger partial charge in [-0.1, -0.05) is 24.8 Å². The Kier molecular flexibility index (Phi) is 8.07. The van der Waals surface area contributed by atoms with E-state index in [1.807, 2.05) is 6.08 Å². The van der Waals surface area contributed by atoms with Gasteiger partial charge < -0.3 is 9.47 Å². The van der Waals surface area contributed by atoms with Crippen LogP contribution < -0.4 is 0 Å². The predicted molar refractivity (Wildman–Crippen MR) is 51.0 cm³/mol. The molecule has 0 saturated carbocycles. The van der Waals surface area contributed by atoms with Crippen molar-refractivity contribution in [3.8, 4) is 0 Å². The second kappa shape index (κ2) is 8.50. The van der Waals surface area contributed by atoms with Crippen molar-refractivity contribution in [1.82, 2.24) is 0 Å². The molecule has 2 heteroatoms. The Balaban J connectivity index is 3.28. The van der Waals surface area contributed by atoms with Crippen LogP contribution >= 0.6 is 0 Å². The van der Waals surface area contributed by atoms with Crippen molar-refractivity contribution in [3.63, 3.8) is 0 Å². The lowest BCUT2D eigenvalue weighted by molar-refractivity contribution is -0.106. The van der Waals surface area contributed by atoms with Crippen LogP contribution in [0.3, 0.4) is 0 Å². The second-order valence-electron chi connectivity index (χ2n) is 2.50. The van der Waals surface area contributed by atoms with Crippen LogP contribution in [0.25, 0.3) is 0 Å². The molecule has 0 aliphatic carbocycles. The Morgan fingerprint density at radius 1 is 1.33 bits per heavy atom. The molecule has 0 fully saturated rings. The maximum atomic E-state index is 5.04. The molecule has 0 aromatic carbocycles. The summed E-state index contributed by atoms with van der Waals surface area (Å²) in [6, 6.07) is 0. The number of allylic oxidation sites excluding steroid dienone is 3. The zero-order chi connectivity index (χ0) is 9.23. The Morgan fingerprint density at radius 3 is 2.50 bits per heavy atom. The van der Waals surface area contributed by atoms with Crippen LogP contribution in [0, 0.1) is 0 Å². The van der Waals surface area contributed by atoms with Gasteiger partial charge in [-0.25, -0.2) is 0 Å². The van der Waals surface area contributed by atoms with Gasteiger partial charge in [-0.3, -0.25) is 0 Å². The van der Waals surface area contributed by atoms with Gasteiger partial charge in [-0.15, -0.1) is 0 Å². The summed E-state index contributed by atoms with van der Waals surface area (Å²) < 4.78 is 10.1. The number of hydrogen-bond donors (Lipinski definition) is 0. The minimum Gasteiger partial charge on any atom is -0.356 e. The van der Waals surface area contributed by atoms with Gasteiger partial charge in [0.25, 0.3) is 0 Å². The Bertz CT molecular complexity index is 126. The molecule has 0 amide bonds. The van der Waals surface area contributed by atoms with Crippen LogP contribution in [-0.2, 0) is 9.47 Å². The van der Waals surface area contributed by atoms with Crippen molar-refractivity contribution in [2.24, 2.45) is 0 Å². The standard InChI is InChI=1S/C10H18O2/c1-4-5-6-7-8-9-10(11-2)12-3/h4-6,10H,1,7-9H2,2-3H3. The van der Waals surface area contributed by atoms with Crippen molar-refractivity contribution in [1.29, 1.82) is 0 Å². The van der Waals surface area contributed by atoms with Gasteiger partial charge in [-0.05, 0) is 19.3 Å². The van der Waals surface area contributed by atoms with Crippen LogP contribution in [0.4, 0.5) is 0 Å². The lowest BCUT2D eigenvalue weighted by Gasteiger charge is -2.11. The van der Waals surface area contributed by atoms with E-state index in [-0.39, 0.29) is 6.29 Å². The molecule has 0 unspecified atom stereocenters. The van der Waals surface area contributed by atoms with E-state index in [2.05, 4.69) is 12.7 Å². The molecule has 0 aliphatic rings. The van der Waals surface area contributed by atoms with Crippen molar-refractivity contribution >= 4 is 0 Å². The minimum absolute atomic E-state index is 0.0536. The SMILES string of the molecule is C=CC=CCCCC(OC)OC. The summed E-state index contributed by atoms with van der Waals surface area (Å²) in [6.07, 6.45) is 8.84. The number of ether oxygens (including phenoxy) is 2. The molecular formula is C10H18O2. The molecule has 2 nitrogen and oxygen atoms in total. The molecular weight excluding hydrogens is 152 g/mol. The molecule has 0 atom stereocenters. The first-order valence-corrected chi connectivity index (χ1v) is 4.18. The molecule has 70 valence electrons. The molecule has 12 heavy (non-hydrogen) atoms. The number of unbranched alkanes of at least 4 members (excludes halogenated alkanes) is 1. The van der Waals surface area contributed by atoms with Gasteiger partial charge in [0.05, 0.1) is 0 Å². The Labute approximate surface area is 74.9 Å². The van der Waals surface area contributed by atoms with E-state index in [0.717, 1.165) is 19.3 Å². The maximum Gasteiger partial charge on any atom is 0.156 e. The first-order chi connectivity index (χ1) is 5.85. The number of methoxy groups -OCH3 is 2. The van der Waals surface area contributed by atoms with E-state index in [4.69, 9.17) is 9.47 Å². The lowest BCUT2D eigenvalue weighted by atomic mass is 10.2. The van der Waals surface area contributed by atoms with Gasteiger partial charge in [0.1, 0.15) is 0 Å². The van der Waals surface area contributed by atoms with Crippen LogP contribution in [-0.4, -0.2) is 20.5 Å². The number of hydrogen-bond acceptors (Lipinski definition) is 2. The molecule has 0 rings (SSSR count). The predicted octanol–water partition coefficient (Wildman–Crippen LogP) is 2.52. The monoisotopic (exact) mass is 170 g/mol. The molecule has 0 radical (unpaired) electrons. The molecule has 0 aromatic heterocycles. The van der Waals surface area contributed by atoms with Crippen molar-refractivity contribution in [3.05, 3.63) is 24.8 Å². The third-order valence-electron chi connectivity index (χ3n) is 1.61. The molecule has 0 saturated heterocycles. The molecule has 0 aromatic rings. The van der Waals surface area contributed by atoms with E-state index in [0.29, 0.717) is 0 Å². The molecule has 0 spiro atoms. The Morgan fingerprint density at radius 2 is 2.00 bits per heavy atom. The minimum atomic E-state index is -0.0536. The third-order valence-corrected chi connectivity index (χ3v) is 1.61. The normalized spacial score (nSPS) is 11.2. The van der Waals surface area contributed by atoms with E-state index in [1.165, 1.54) is 0 Å². The smallest absolute Gasteiger partial charge is 0.156 e. The highest BCUT2D eigenvalue weighted by Crippen LogP contribution is 2.04. The van der Waals surface area contributed by atoms with E-state index in [1.54, 1.807) is 20.3 Å². The van der Waals surface area contributed by atoms with Crippen molar-refractivity contribution < 1.29 is 9.47 Å². The van der Waals surface area contributed by atoms with Crippen LogP contribution in [0.2, 0.25) is 0 Å². The lowest BCUT2D eigenvalue weighted by Crippen LogP contribution is -2.11. The van der Waals surface area contributed by atoms with Crippen LogP contribution in [0.5, 0.6) is 0 Å². The van der Waals surface area contributed by atoms with Crippen molar-refractivity contribution in [2.45, 2.75) is 25.6 Å². The van der Waals surface area contributed by atoms with E-state index in [9.17, 15) is 0 Å². The Hall–Kier alpha value is -0.600. The van der Waals surface area contributed by atoms with Gasteiger partial charge in [0.2, 0.25) is 0 Å². The molecule has 0 aliphatic heterocycles. The van der Waals surface area contributed by atoms with Crippen LogP contribution in [0.15, 0.2) is 24.8 Å². The maximum absolute atomic E-state index is 5.04. The number of rotatable bonds is 7. The van der Waals surface area contributed by atoms with Crippen molar-refractivity contribution in [2.75, 3.05) is 14.2 Å². The van der Waals surface area contributed by atoms with Gasteiger partial charge >= 0.3 is 0 Å².